The zero-order valence-corrected chi connectivity index (χ0v) is 11.4. The van der Waals surface area contributed by atoms with Gasteiger partial charge in [-0.25, -0.2) is 0 Å². The third-order valence-electron chi connectivity index (χ3n) is 3.69. The molecule has 1 aliphatic heterocycles. The van der Waals surface area contributed by atoms with Crippen LogP contribution in [0.15, 0.2) is 24.3 Å². The first-order valence-corrected chi connectivity index (χ1v) is 6.56. The maximum Gasteiger partial charge on any atom is 0.146 e. The van der Waals surface area contributed by atoms with Gasteiger partial charge in [-0.15, -0.1) is 0 Å². The molecule has 1 aromatic carbocycles. The highest BCUT2D eigenvalue weighted by Gasteiger charge is 2.31. The molecule has 1 fully saturated rings. The summed E-state index contributed by atoms with van der Waals surface area (Å²) in [6.07, 6.45) is 0.928. The number of carbonyl (C=O) groups excluding carboxylic acids is 1. The zero-order chi connectivity index (χ0) is 13.1. The number of carbonyl (C=O) groups is 1. The van der Waals surface area contributed by atoms with Gasteiger partial charge in [-0.3, -0.25) is 9.69 Å². The molecule has 2 rings (SSSR count). The molecule has 2 atom stereocenters. The van der Waals surface area contributed by atoms with Crippen molar-refractivity contribution in [2.75, 3.05) is 13.6 Å². The smallest absolute Gasteiger partial charge is 0.146 e. The molecule has 0 bridgehead atoms. The van der Waals surface area contributed by atoms with Gasteiger partial charge in [-0.05, 0) is 32.9 Å². The number of likely N-dealkylation sites (tertiary alicyclic amines) is 1. The monoisotopic (exact) mass is 246 g/mol. The molecule has 0 radical (unpaired) electrons. The summed E-state index contributed by atoms with van der Waals surface area (Å²) in [5.74, 6) is 0.275. The Bertz CT molecular complexity index is 430. The van der Waals surface area contributed by atoms with E-state index in [-0.39, 0.29) is 11.8 Å². The molecular formula is C15H22N2O. The number of rotatable bonds is 4. The van der Waals surface area contributed by atoms with Gasteiger partial charge in [0.15, 0.2) is 0 Å². The van der Waals surface area contributed by atoms with Crippen molar-refractivity contribution in [3.8, 4) is 0 Å². The maximum atomic E-state index is 11.5. The van der Waals surface area contributed by atoms with Crippen molar-refractivity contribution < 1.29 is 4.79 Å². The van der Waals surface area contributed by atoms with E-state index in [9.17, 15) is 4.79 Å². The number of likely N-dealkylation sites (N-methyl/N-ethyl adjacent to an activating group) is 1. The van der Waals surface area contributed by atoms with Gasteiger partial charge in [0.05, 0.1) is 6.04 Å². The minimum absolute atomic E-state index is 0.0972. The highest BCUT2D eigenvalue weighted by Crippen LogP contribution is 2.17. The van der Waals surface area contributed by atoms with Gasteiger partial charge >= 0.3 is 0 Å². The van der Waals surface area contributed by atoms with Crippen molar-refractivity contribution in [3.05, 3.63) is 35.4 Å². The predicted octanol–water partition coefficient (Wildman–Crippen LogP) is 1.75. The summed E-state index contributed by atoms with van der Waals surface area (Å²) >= 11 is 0. The van der Waals surface area contributed by atoms with Crippen LogP contribution in [0.3, 0.4) is 0 Å². The first kappa shape index (κ1) is 13.2. The molecule has 18 heavy (non-hydrogen) atoms. The van der Waals surface area contributed by atoms with Gasteiger partial charge < -0.3 is 5.32 Å². The highest BCUT2D eigenvalue weighted by atomic mass is 16.1. The maximum absolute atomic E-state index is 11.5. The Morgan fingerprint density at radius 3 is 2.89 bits per heavy atom. The van der Waals surface area contributed by atoms with Gasteiger partial charge in [-0.1, -0.05) is 29.8 Å². The molecule has 0 aromatic heterocycles. The van der Waals surface area contributed by atoms with Crippen LogP contribution >= 0.6 is 0 Å². The van der Waals surface area contributed by atoms with Crippen molar-refractivity contribution in [3.63, 3.8) is 0 Å². The van der Waals surface area contributed by atoms with Crippen LogP contribution in [0.4, 0.5) is 0 Å². The van der Waals surface area contributed by atoms with E-state index < -0.39 is 0 Å². The first-order chi connectivity index (χ1) is 8.56. The van der Waals surface area contributed by atoms with E-state index in [1.807, 2.05) is 7.05 Å². The van der Waals surface area contributed by atoms with Crippen LogP contribution in [0.25, 0.3) is 0 Å². The summed E-state index contributed by atoms with van der Waals surface area (Å²) in [6.45, 7) is 5.63. The van der Waals surface area contributed by atoms with Crippen LogP contribution in [0.2, 0.25) is 0 Å². The molecule has 0 amide bonds. The SMILES string of the molecule is CC(=O)[C@@H]1C[C@H](NCc2cccc(C)c2)CN1C. The third-order valence-corrected chi connectivity index (χ3v) is 3.69. The lowest BCUT2D eigenvalue weighted by Gasteiger charge is -2.14. The number of hydrogen-bond donors (Lipinski definition) is 1. The lowest BCUT2D eigenvalue weighted by atomic mass is 10.1. The average molecular weight is 246 g/mol. The molecule has 0 saturated carbocycles. The topological polar surface area (TPSA) is 32.3 Å². The quantitative estimate of drug-likeness (QED) is 0.878. The van der Waals surface area contributed by atoms with Crippen molar-refractivity contribution in [2.45, 2.75) is 38.9 Å². The Kier molecular flexibility index (Phi) is 4.15. The van der Waals surface area contributed by atoms with Crippen LogP contribution in [-0.4, -0.2) is 36.4 Å². The van der Waals surface area contributed by atoms with E-state index in [2.05, 4.69) is 41.4 Å². The summed E-state index contributed by atoms with van der Waals surface area (Å²) in [6, 6.07) is 9.06. The fourth-order valence-electron chi connectivity index (χ4n) is 2.71. The second kappa shape index (κ2) is 5.63. The Morgan fingerprint density at radius 2 is 2.28 bits per heavy atom. The molecule has 3 heteroatoms. The van der Waals surface area contributed by atoms with Crippen molar-refractivity contribution in [1.29, 1.82) is 0 Å². The van der Waals surface area contributed by atoms with Crippen molar-refractivity contribution >= 4 is 5.78 Å². The minimum atomic E-state index is 0.0972. The summed E-state index contributed by atoms with van der Waals surface area (Å²) in [5, 5.41) is 3.55. The molecule has 1 heterocycles. The van der Waals surface area contributed by atoms with Crippen LogP contribution in [0.1, 0.15) is 24.5 Å². The fraction of sp³-hybridized carbons (Fsp3) is 0.533. The summed E-state index contributed by atoms with van der Waals surface area (Å²) in [7, 11) is 2.03. The first-order valence-electron chi connectivity index (χ1n) is 6.56. The number of ketones is 1. The lowest BCUT2D eigenvalue weighted by molar-refractivity contribution is -0.120. The number of benzene rings is 1. The average Bonchev–Trinajstić information content (AvgIpc) is 2.68. The second-order valence-corrected chi connectivity index (χ2v) is 5.37. The van der Waals surface area contributed by atoms with Crippen LogP contribution in [-0.2, 0) is 11.3 Å². The largest absolute Gasteiger partial charge is 0.309 e. The van der Waals surface area contributed by atoms with Crippen molar-refractivity contribution in [1.82, 2.24) is 10.2 Å². The Balaban J connectivity index is 1.87. The van der Waals surface area contributed by atoms with E-state index in [1.165, 1.54) is 11.1 Å². The molecule has 1 aliphatic rings. The molecule has 0 unspecified atom stereocenters. The van der Waals surface area contributed by atoms with Gasteiger partial charge in [0.1, 0.15) is 5.78 Å². The van der Waals surface area contributed by atoms with E-state index in [0.717, 1.165) is 19.5 Å². The number of aryl methyl sites for hydroxylation is 1. The van der Waals surface area contributed by atoms with Crippen LogP contribution < -0.4 is 5.32 Å². The Hall–Kier alpha value is -1.19. The lowest BCUT2D eigenvalue weighted by Crippen LogP contribution is -2.32. The minimum Gasteiger partial charge on any atom is -0.309 e. The molecular weight excluding hydrogens is 224 g/mol. The van der Waals surface area contributed by atoms with E-state index in [1.54, 1.807) is 6.92 Å². The fourth-order valence-corrected chi connectivity index (χ4v) is 2.71. The number of nitrogens with one attached hydrogen (secondary N) is 1. The van der Waals surface area contributed by atoms with Crippen molar-refractivity contribution in [2.24, 2.45) is 0 Å². The van der Waals surface area contributed by atoms with Gasteiger partial charge in [0.25, 0.3) is 0 Å². The van der Waals surface area contributed by atoms with Crippen LogP contribution in [0, 0.1) is 6.92 Å². The third kappa shape index (κ3) is 3.18. The normalized spacial score (nSPS) is 24.4. The predicted molar refractivity (Wildman–Crippen MR) is 73.5 cm³/mol. The molecule has 3 nitrogen and oxygen atoms in total. The van der Waals surface area contributed by atoms with Gasteiger partial charge in [0.2, 0.25) is 0 Å². The van der Waals surface area contributed by atoms with E-state index in [4.69, 9.17) is 0 Å². The Morgan fingerprint density at radius 1 is 1.50 bits per heavy atom. The standard InChI is InChI=1S/C15H22N2O/c1-11-5-4-6-13(7-11)9-16-14-8-15(12(2)18)17(3)10-14/h4-7,14-16H,8-10H2,1-3H3/t14-,15-/m0/s1. The highest BCUT2D eigenvalue weighted by molar-refractivity contribution is 5.81. The van der Waals surface area contributed by atoms with E-state index >= 15 is 0 Å². The van der Waals surface area contributed by atoms with Gasteiger partial charge in [0, 0.05) is 19.1 Å². The molecule has 0 spiro atoms. The van der Waals surface area contributed by atoms with Crippen LogP contribution in [0.5, 0.6) is 0 Å². The molecule has 1 N–H and O–H groups in total. The summed E-state index contributed by atoms with van der Waals surface area (Å²) in [5.41, 5.74) is 2.60. The molecule has 1 aromatic rings. The summed E-state index contributed by atoms with van der Waals surface area (Å²) < 4.78 is 0. The molecule has 0 aliphatic carbocycles. The number of hydrogen-bond acceptors (Lipinski definition) is 3. The molecule has 1 saturated heterocycles. The Labute approximate surface area is 109 Å². The number of nitrogens with zero attached hydrogens (tertiary/aromatic N) is 1. The zero-order valence-electron chi connectivity index (χ0n) is 11.4. The number of Topliss-reactive ketones (excluding diaryl/α,β-unsaturated/α-hetero) is 1. The molecule has 98 valence electrons. The second-order valence-electron chi connectivity index (χ2n) is 5.37. The van der Waals surface area contributed by atoms with Gasteiger partial charge in [-0.2, -0.15) is 0 Å². The van der Waals surface area contributed by atoms with E-state index in [0.29, 0.717) is 6.04 Å². The summed E-state index contributed by atoms with van der Waals surface area (Å²) in [4.78, 5) is 13.6.